The highest BCUT2D eigenvalue weighted by Gasteiger charge is 2.21. The van der Waals surface area contributed by atoms with E-state index in [0.717, 1.165) is 18.4 Å². The van der Waals surface area contributed by atoms with Gasteiger partial charge in [-0.25, -0.2) is 4.79 Å². The molecule has 4 heteroatoms. The highest BCUT2D eigenvalue weighted by molar-refractivity contribution is 6.31. The number of hydrogen-bond acceptors (Lipinski definition) is 2. The molecular weight excluding hydrogens is 264 g/mol. The van der Waals surface area contributed by atoms with E-state index in [1.165, 1.54) is 19.3 Å². The Morgan fingerprint density at radius 1 is 1.26 bits per heavy atom. The van der Waals surface area contributed by atoms with Gasteiger partial charge in [0, 0.05) is 5.02 Å². The monoisotopic (exact) mass is 284 g/mol. The third kappa shape index (κ3) is 3.71. The van der Waals surface area contributed by atoms with Crippen molar-refractivity contribution in [2.75, 3.05) is 0 Å². The number of benzene rings is 1. The SMILES string of the molecule is C.O=C(O)C(O)c1ccc(C2CCCCC2)c(Cl)c1. The first-order valence-electron chi connectivity index (χ1n) is 6.30. The minimum atomic E-state index is -1.50. The molecule has 0 bridgehead atoms. The van der Waals surface area contributed by atoms with E-state index in [9.17, 15) is 9.90 Å². The van der Waals surface area contributed by atoms with Gasteiger partial charge in [0.05, 0.1) is 0 Å². The third-order valence-corrected chi connectivity index (χ3v) is 3.95. The number of halogens is 1. The first-order valence-corrected chi connectivity index (χ1v) is 6.67. The van der Waals surface area contributed by atoms with E-state index >= 15 is 0 Å². The molecule has 0 aliphatic heterocycles. The average molecular weight is 285 g/mol. The van der Waals surface area contributed by atoms with Gasteiger partial charge in [0.1, 0.15) is 0 Å². The third-order valence-electron chi connectivity index (χ3n) is 3.62. The van der Waals surface area contributed by atoms with Crippen LogP contribution >= 0.6 is 11.6 Å². The number of aliphatic hydroxyl groups is 1. The lowest BCUT2D eigenvalue weighted by molar-refractivity contribution is -0.146. The Labute approximate surface area is 119 Å². The smallest absolute Gasteiger partial charge is 0.337 e. The standard InChI is InChI=1S/C14H17ClO3.CH4/c15-12-8-10(13(16)14(17)18)6-7-11(12)9-4-2-1-3-5-9;/h6-9,13,16H,1-5H2,(H,17,18);1H4. The fourth-order valence-electron chi connectivity index (χ4n) is 2.60. The summed E-state index contributed by atoms with van der Waals surface area (Å²) in [5.74, 6) is -0.779. The van der Waals surface area contributed by atoms with Crippen LogP contribution in [0.2, 0.25) is 5.02 Å². The van der Waals surface area contributed by atoms with E-state index in [0.29, 0.717) is 16.5 Å². The van der Waals surface area contributed by atoms with Crippen LogP contribution in [0.15, 0.2) is 18.2 Å². The van der Waals surface area contributed by atoms with Crippen LogP contribution in [0.1, 0.15) is 62.7 Å². The number of carbonyl (C=O) groups is 1. The van der Waals surface area contributed by atoms with Crippen molar-refractivity contribution in [2.24, 2.45) is 0 Å². The van der Waals surface area contributed by atoms with Crippen molar-refractivity contribution in [3.8, 4) is 0 Å². The van der Waals surface area contributed by atoms with Crippen LogP contribution in [-0.2, 0) is 4.79 Å². The van der Waals surface area contributed by atoms with Crippen LogP contribution in [0.5, 0.6) is 0 Å². The fourth-order valence-corrected chi connectivity index (χ4v) is 2.94. The molecule has 0 amide bonds. The second-order valence-corrected chi connectivity index (χ2v) is 5.26. The molecule has 1 aromatic carbocycles. The van der Waals surface area contributed by atoms with Crippen molar-refractivity contribution >= 4 is 17.6 Å². The van der Waals surface area contributed by atoms with Crippen LogP contribution in [0.3, 0.4) is 0 Å². The summed E-state index contributed by atoms with van der Waals surface area (Å²) in [5.41, 5.74) is 1.42. The zero-order valence-corrected chi connectivity index (χ0v) is 10.9. The van der Waals surface area contributed by atoms with Crippen LogP contribution in [-0.4, -0.2) is 16.2 Å². The van der Waals surface area contributed by atoms with Gasteiger partial charge in [-0.2, -0.15) is 0 Å². The van der Waals surface area contributed by atoms with Gasteiger partial charge in [-0.1, -0.05) is 50.4 Å². The van der Waals surface area contributed by atoms with Gasteiger partial charge in [-0.05, 0) is 36.0 Å². The molecule has 2 N–H and O–H groups in total. The molecule has 0 spiro atoms. The molecule has 0 aromatic heterocycles. The summed E-state index contributed by atoms with van der Waals surface area (Å²) in [6.07, 6.45) is 4.51. The lowest BCUT2D eigenvalue weighted by Gasteiger charge is -2.23. The Balaban J connectivity index is 0.00000180. The lowest BCUT2D eigenvalue weighted by Crippen LogP contribution is -2.11. The quantitative estimate of drug-likeness (QED) is 0.877. The van der Waals surface area contributed by atoms with Gasteiger partial charge < -0.3 is 10.2 Å². The Morgan fingerprint density at radius 2 is 1.89 bits per heavy atom. The first kappa shape index (κ1) is 16.0. The van der Waals surface area contributed by atoms with Gasteiger partial charge in [-0.3, -0.25) is 0 Å². The van der Waals surface area contributed by atoms with E-state index in [4.69, 9.17) is 16.7 Å². The Bertz CT molecular complexity index is 439. The molecule has 2 rings (SSSR count). The minimum absolute atomic E-state index is 0. The predicted octanol–water partition coefficient (Wildman–Crippen LogP) is 4.14. The molecular formula is C15H21ClO3. The maximum Gasteiger partial charge on any atom is 0.337 e. The summed E-state index contributed by atoms with van der Waals surface area (Å²) in [7, 11) is 0. The summed E-state index contributed by atoms with van der Waals surface area (Å²) in [6, 6.07) is 5.10. The number of aliphatic carboxylic acids is 1. The highest BCUT2D eigenvalue weighted by atomic mass is 35.5. The lowest BCUT2D eigenvalue weighted by atomic mass is 9.83. The molecule has 0 saturated heterocycles. The average Bonchev–Trinajstić information content (AvgIpc) is 2.38. The molecule has 106 valence electrons. The van der Waals surface area contributed by atoms with E-state index in [1.807, 2.05) is 6.07 Å². The van der Waals surface area contributed by atoms with Crippen molar-refractivity contribution in [3.05, 3.63) is 34.3 Å². The van der Waals surface area contributed by atoms with Crippen molar-refractivity contribution in [1.29, 1.82) is 0 Å². The Hall–Kier alpha value is -1.06. The van der Waals surface area contributed by atoms with E-state index in [2.05, 4.69) is 0 Å². The van der Waals surface area contributed by atoms with Crippen LogP contribution in [0.25, 0.3) is 0 Å². The number of carboxylic acids is 1. The molecule has 1 atom stereocenters. The van der Waals surface area contributed by atoms with Crippen LogP contribution in [0, 0.1) is 0 Å². The number of aliphatic hydroxyl groups excluding tert-OH is 1. The second kappa shape index (κ2) is 6.92. The van der Waals surface area contributed by atoms with Crippen molar-refractivity contribution in [2.45, 2.75) is 51.6 Å². The number of rotatable bonds is 3. The second-order valence-electron chi connectivity index (χ2n) is 4.86. The zero-order chi connectivity index (χ0) is 13.1. The summed E-state index contributed by atoms with van der Waals surface area (Å²) in [5, 5.41) is 18.8. The summed E-state index contributed by atoms with van der Waals surface area (Å²) < 4.78 is 0. The molecule has 1 saturated carbocycles. The number of hydrogen-bond donors (Lipinski definition) is 2. The molecule has 1 aliphatic carbocycles. The van der Waals surface area contributed by atoms with Gasteiger partial charge in [0.25, 0.3) is 0 Å². The topological polar surface area (TPSA) is 57.5 Å². The van der Waals surface area contributed by atoms with Crippen molar-refractivity contribution in [3.63, 3.8) is 0 Å². The largest absolute Gasteiger partial charge is 0.479 e. The maximum absolute atomic E-state index is 10.7. The fraction of sp³-hybridized carbons (Fsp3) is 0.533. The maximum atomic E-state index is 10.7. The van der Waals surface area contributed by atoms with Gasteiger partial charge >= 0.3 is 5.97 Å². The van der Waals surface area contributed by atoms with Crippen LogP contribution < -0.4 is 0 Å². The molecule has 19 heavy (non-hydrogen) atoms. The molecule has 1 aromatic rings. The van der Waals surface area contributed by atoms with Gasteiger partial charge in [0.15, 0.2) is 6.10 Å². The minimum Gasteiger partial charge on any atom is -0.479 e. The zero-order valence-electron chi connectivity index (χ0n) is 10.1. The molecule has 0 heterocycles. The molecule has 0 radical (unpaired) electrons. The summed E-state index contributed by atoms with van der Waals surface area (Å²) >= 11 is 6.21. The van der Waals surface area contributed by atoms with Crippen molar-refractivity contribution < 1.29 is 15.0 Å². The molecule has 1 fully saturated rings. The summed E-state index contributed by atoms with van der Waals surface area (Å²) in [6.45, 7) is 0. The molecule has 1 unspecified atom stereocenters. The van der Waals surface area contributed by atoms with Gasteiger partial charge in [0.2, 0.25) is 0 Å². The Morgan fingerprint density at radius 3 is 2.42 bits per heavy atom. The molecule has 1 aliphatic rings. The normalized spacial score (nSPS) is 17.6. The first-order chi connectivity index (χ1) is 8.59. The Kier molecular flexibility index (Phi) is 5.83. The van der Waals surface area contributed by atoms with Crippen molar-refractivity contribution in [1.82, 2.24) is 0 Å². The van der Waals surface area contributed by atoms with Gasteiger partial charge in [-0.15, -0.1) is 0 Å². The van der Waals surface area contributed by atoms with E-state index in [1.54, 1.807) is 12.1 Å². The summed E-state index contributed by atoms with van der Waals surface area (Å²) in [4.78, 5) is 10.7. The molecule has 3 nitrogen and oxygen atoms in total. The highest BCUT2D eigenvalue weighted by Crippen LogP contribution is 2.37. The number of carboxylic acid groups (broad SMARTS) is 1. The van der Waals surface area contributed by atoms with E-state index < -0.39 is 12.1 Å². The van der Waals surface area contributed by atoms with Crippen LogP contribution in [0.4, 0.5) is 0 Å². The van der Waals surface area contributed by atoms with E-state index in [-0.39, 0.29) is 7.43 Å². The predicted molar refractivity (Wildman–Crippen MR) is 76.6 cm³/mol.